The van der Waals surface area contributed by atoms with Gasteiger partial charge in [-0.25, -0.2) is 4.68 Å². The highest BCUT2D eigenvalue weighted by Gasteiger charge is 2.27. The molecule has 7 nitrogen and oxygen atoms in total. The molecule has 1 N–H and O–H groups in total. The van der Waals surface area contributed by atoms with Crippen molar-refractivity contribution in [3.63, 3.8) is 0 Å². The number of aromatic amines is 1. The minimum absolute atomic E-state index is 0.00938. The average Bonchev–Trinajstić information content (AvgIpc) is 3.55. The molecule has 2 heterocycles. The maximum atomic E-state index is 12.9. The van der Waals surface area contributed by atoms with Crippen LogP contribution in [0.4, 0.5) is 0 Å². The first kappa shape index (κ1) is 20.4. The van der Waals surface area contributed by atoms with Gasteiger partial charge in [0.05, 0.1) is 12.6 Å². The Labute approximate surface area is 182 Å². The second kappa shape index (κ2) is 8.91. The van der Waals surface area contributed by atoms with Gasteiger partial charge in [0.1, 0.15) is 0 Å². The fourth-order valence-electron chi connectivity index (χ4n) is 5.37. The van der Waals surface area contributed by atoms with Crippen LogP contribution < -0.4 is 5.56 Å². The number of aromatic nitrogens is 5. The summed E-state index contributed by atoms with van der Waals surface area (Å²) in [6, 6.07) is 9.28. The first-order chi connectivity index (χ1) is 15.2. The van der Waals surface area contributed by atoms with Crippen molar-refractivity contribution in [2.24, 2.45) is 0 Å². The number of hydrogen-bond acceptors (Lipinski definition) is 5. The van der Waals surface area contributed by atoms with E-state index in [1.807, 2.05) is 10.7 Å². The third-order valence-corrected chi connectivity index (χ3v) is 7.18. The monoisotopic (exact) mass is 420 g/mol. The molecule has 164 valence electrons. The van der Waals surface area contributed by atoms with Crippen LogP contribution in [0.3, 0.4) is 0 Å². The highest BCUT2D eigenvalue weighted by Crippen LogP contribution is 2.31. The van der Waals surface area contributed by atoms with Gasteiger partial charge in [0.25, 0.3) is 5.56 Å². The molecular formula is C24H32N6O. The Morgan fingerprint density at radius 1 is 1.06 bits per heavy atom. The summed E-state index contributed by atoms with van der Waals surface area (Å²) in [5, 5.41) is 13.8. The molecule has 0 saturated heterocycles. The molecule has 2 fully saturated rings. The summed E-state index contributed by atoms with van der Waals surface area (Å²) in [5.41, 5.74) is 3.03. The molecule has 0 amide bonds. The standard InChI is InChI=1S/C24H32N6O/c1-2-17-11-12-22-18(13-17)14-19(24(31)25-22)15-29(20-7-3-4-8-20)16-23-26-27-28-30(23)21-9-5-6-10-21/h11-14,20-21H,2-10,15-16H2,1H3,(H,25,31). The molecule has 0 atom stereocenters. The zero-order valence-corrected chi connectivity index (χ0v) is 18.4. The van der Waals surface area contributed by atoms with Crippen LogP contribution in [0.5, 0.6) is 0 Å². The number of nitrogens with zero attached hydrogens (tertiary/aromatic N) is 5. The van der Waals surface area contributed by atoms with Gasteiger partial charge in [0, 0.05) is 23.7 Å². The topological polar surface area (TPSA) is 79.7 Å². The van der Waals surface area contributed by atoms with E-state index in [1.165, 1.54) is 44.1 Å². The molecule has 2 aromatic heterocycles. The maximum Gasteiger partial charge on any atom is 0.252 e. The lowest BCUT2D eigenvalue weighted by Crippen LogP contribution is -2.35. The van der Waals surface area contributed by atoms with Gasteiger partial charge in [-0.15, -0.1) is 5.10 Å². The number of aryl methyl sites for hydroxylation is 1. The number of fused-ring (bicyclic) bond motifs is 1. The molecule has 2 aliphatic carbocycles. The number of rotatable bonds is 7. The van der Waals surface area contributed by atoms with Gasteiger partial charge in [-0.3, -0.25) is 9.69 Å². The van der Waals surface area contributed by atoms with E-state index in [1.54, 1.807) is 0 Å². The molecular weight excluding hydrogens is 388 g/mol. The van der Waals surface area contributed by atoms with Crippen LogP contribution in [0.1, 0.15) is 81.3 Å². The van der Waals surface area contributed by atoms with Crippen LogP contribution in [-0.4, -0.2) is 36.1 Å². The highest BCUT2D eigenvalue weighted by atomic mass is 16.1. The van der Waals surface area contributed by atoms with E-state index in [9.17, 15) is 4.79 Å². The van der Waals surface area contributed by atoms with Gasteiger partial charge in [-0.2, -0.15) is 0 Å². The van der Waals surface area contributed by atoms with E-state index in [0.29, 0.717) is 25.2 Å². The van der Waals surface area contributed by atoms with Crippen molar-refractivity contribution in [2.75, 3.05) is 0 Å². The minimum Gasteiger partial charge on any atom is -0.322 e. The van der Waals surface area contributed by atoms with Gasteiger partial charge in [-0.05, 0) is 71.7 Å². The summed E-state index contributed by atoms with van der Waals surface area (Å²) >= 11 is 0. The number of H-pyrrole nitrogens is 1. The van der Waals surface area contributed by atoms with E-state index in [4.69, 9.17) is 0 Å². The molecule has 0 unspecified atom stereocenters. The smallest absolute Gasteiger partial charge is 0.252 e. The van der Waals surface area contributed by atoms with Gasteiger partial charge < -0.3 is 4.98 Å². The number of nitrogens with one attached hydrogen (secondary N) is 1. The van der Waals surface area contributed by atoms with E-state index >= 15 is 0 Å². The normalized spacial score (nSPS) is 18.0. The lowest BCUT2D eigenvalue weighted by Gasteiger charge is -2.28. The summed E-state index contributed by atoms with van der Waals surface area (Å²) in [4.78, 5) is 18.4. The quantitative estimate of drug-likeness (QED) is 0.621. The lowest BCUT2D eigenvalue weighted by atomic mass is 10.1. The van der Waals surface area contributed by atoms with Crippen molar-refractivity contribution in [1.29, 1.82) is 0 Å². The minimum atomic E-state index is 0.00938. The highest BCUT2D eigenvalue weighted by molar-refractivity contribution is 5.79. The van der Waals surface area contributed by atoms with Gasteiger partial charge in [0.2, 0.25) is 0 Å². The Hall–Kier alpha value is -2.54. The summed E-state index contributed by atoms with van der Waals surface area (Å²) in [6.07, 6.45) is 10.7. The summed E-state index contributed by atoms with van der Waals surface area (Å²) < 4.78 is 2.05. The number of tetrazole rings is 1. The Morgan fingerprint density at radius 2 is 1.84 bits per heavy atom. The average molecular weight is 421 g/mol. The predicted molar refractivity (Wildman–Crippen MR) is 121 cm³/mol. The molecule has 3 aromatic rings. The van der Waals surface area contributed by atoms with Crippen LogP contribution in [0.2, 0.25) is 0 Å². The van der Waals surface area contributed by atoms with Crippen molar-refractivity contribution < 1.29 is 0 Å². The Kier molecular flexibility index (Phi) is 5.85. The predicted octanol–water partition coefficient (Wildman–Crippen LogP) is 4.14. The molecule has 0 radical (unpaired) electrons. The molecule has 0 bridgehead atoms. The first-order valence-electron chi connectivity index (χ1n) is 11.9. The molecule has 5 rings (SSSR count). The fraction of sp³-hybridized carbons (Fsp3) is 0.583. The van der Waals surface area contributed by atoms with Crippen LogP contribution in [0.25, 0.3) is 10.9 Å². The molecule has 2 aliphatic rings. The second-order valence-corrected chi connectivity index (χ2v) is 9.22. The summed E-state index contributed by atoms with van der Waals surface area (Å²) in [6.45, 7) is 3.48. The zero-order chi connectivity index (χ0) is 21.2. The third-order valence-electron chi connectivity index (χ3n) is 7.18. The largest absolute Gasteiger partial charge is 0.322 e. The van der Waals surface area contributed by atoms with Crippen LogP contribution in [-0.2, 0) is 19.5 Å². The molecule has 1 aromatic carbocycles. The Bertz CT molecular complexity index is 1090. The van der Waals surface area contributed by atoms with E-state index < -0.39 is 0 Å². The molecule has 2 saturated carbocycles. The van der Waals surface area contributed by atoms with Crippen molar-refractivity contribution in [3.05, 3.63) is 51.6 Å². The summed E-state index contributed by atoms with van der Waals surface area (Å²) in [5.74, 6) is 0.935. The van der Waals surface area contributed by atoms with Crippen LogP contribution in [0, 0.1) is 0 Å². The third kappa shape index (κ3) is 4.28. The molecule has 0 spiro atoms. The van der Waals surface area contributed by atoms with E-state index in [0.717, 1.165) is 41.6 Å². The molecule has 0 aliphatic heterocycles. The number of benzene rings is 1. The first-order valence-corrected chi connectivity index (χ1v) is 11.9. The van der Waals surface area contributed by atoms with Gasteiger partial charge in [-0.1, -0.05) is 38.7 Å². The van der Waals surface area contributed by atoms with Crippen molar-refractivity contribution in [3.8, 4) is 0 Å². The second-order valence-electron chi connectivity index (χ2n) is 9.22. The van der Waals surface area contributed by atoms with Crippen molar-refractivity contribution in [2.45, 2.75) is 89.9 Å². The molecule has 31 heavy (non-hydrogen) atoms. The number of pyridine rings is 1. The van der Waals surface area contributed by atoms with E-state index in [-0.39, 0.29) is 5.56 Å². The van der Waals surface area contributed by atoms with E-state index in [2.05, 4.69) is 50.5 Å². The lowest BCUT2D eigenvalue weighted by molar-refractivity contribution is 0.170. The molecule has 7 heteroatoms. The Morgan fingerprint density at radius 3 is 2.61 bits per heavy atom. The van der Waals surface area contributed by atoms with Gasteiger partial charge in [0.15, 0.2) is 5.82 Å². The van der Waals surface area contributed by atoms with Crippen LogP contribution in [0.15, 0.2) is 29.1 Å². The van der Waals surface area contributed by atoms with Gasteiger partial charge >= 0.3 is 0 Å². The SMILES string of the molecule is CCc1ccc2[nH]c(=O)c(CN(Cc3nnnn3C3CCCC3)C3CCCC3)cc2c1. The fourth-order valence-corrected chi connectivity index (χ4v) is 5.37. The Balaban J connectivity index is 1.44. The zero-order valence-electron chi connectivity index (χ0n) is 18.4. The van der Waals surface area contributed by atoms with Crippen LogP contribution >= 0.6 is 0 Å². The summed E-state index contributed by atoms with van der Waals surface area (Å²) in [7, 11) is 0. The van der Waals surface area contributed by atoms with Crippen molar-refractivity contribution in [1.82, 2.24) is 30.1 Å². The maximum absolute atomic E-state index is 12.9. The number of hydrogen-bond donors (Lipinski definition) is 1. The van der Waals surface area contributed by atoms with Crippen molar-refractivity contribution >= 4 is 10.9 Å².